The maximum absolute atomic E-state index is 12.4. The van der Waals surface area contributed by atoms with Gasteiger partial charge in [0, 0.05) is 28.1 Å². The van der Waals surface area contributed by atoms with Crippen molar-refractivity contribution in [2.45, 2.75) is 26.8 Å². The number of hydrogen-bond acceptors (Lipinski definition) is 5. The van der Waals surface area contributed by atoms with Gasteiger partial charge in [0.2, 0.25) is 11.8 Å². The van der Waals surface area contributed by atoms with Crippen LogP contribution in [0.3, 0.4) is 0 Å². The van der Waals surface area contributed by atoms with E-state index in [1.807, 2.05) is 25.1 Å². The molecule has 0 spiro atoms. The Kier molecular flexibility index (Phi) is 5.80. The molecule has 2 aromatic carbocycles. The minimum absolute atomic E-state index is 0.243. The number of nitrogens with one attached hydrogen (secondary N) is 1. The minimum Gasteiger partial charge on any atom is -0.493 e. The molecule has 0 fully saturated rings. The summed E-state index contributed by atoms with van der Waals surface area (Å²) in [5.74, 6) is -0.678. The van der Waals surface area contributed by atoms with E-state index in [4.69, 9.17) is 11.6 Å². The number of benzene rings is 2. The Bertz CT molecular complexity index is 1300. The van der Waals surface area contributed by atoms with E-state index in [1.54, 1.807) is 30.5 Å². The van der Waals surface area contributed by atoms with Crippen LogP contribution in [0.5, 0.6) is 5.88 Å². The number of carbonyl (C=O) groups is 1. The third-order valence-corrected chi connectivity index (χ3v) is 6.40. The second-order valence-electron chi connectivity index (χ2n) is 7.18. The van der Waals surface area contributed by atoms with Gasteiger partial charge in [0.05, 0.1) is 10.6 Å². The van der Waals surface area contributed by atoms with Crippen LogP contribution in [-0.2, 0) is 17.8 Å². The Morgan fingerprint density at radius 3 is 2.87 bits per heavy atom. The Morgan fingerprint density at radius 2 is 2.13 bits per heavy atom. The van der Waals surface area contributed by atoms with Crippen molar-refractivity contribution in [3.63, 3.8) is 0 Å². The van der Waals surface area contributed by atoms with Crippen molar-refractivity contribution in [3.05, 3.63) is 72.7 Å². The fourth-order valence-corrected chi connectivity index (χ4v) is 4.40. The van der Waals surface area contributed by atoms with Gasteiger partial charge in [-0.3, -0.25) is 19.1 Å². The molecule has 3 aromatic rings. The lowest BCUT2D eigenvalue weighted by molar-refractivity contribution is -0.116. The van der Waals surface area contributed by atoms with Crippen molar-refractivity contribution < 1.29 is 9.90 Å². The molecular weight excluding hydrogens is 434 g/mol. The number of anilines is 1. The third kappa shape index (κ3) is 4.19. The number of thiazole rings is 1. The topological polar surface area (TPSA) is 83.7 Å². The molecule has 0 aliphatic carbocycles. The van der Waals surface area contributed by atoms with Gasteiger partial charge in [-0.25, -0.2) is 0 Å². The van der Waals surface area contributed by atoms with Crippen molar-refractivity contribution in [3.8, 4) is 5.88 Å². The normalized spacial score (nSPS) is 13.6. The van der Waals surface area contributed by atoms with Crippen molar-refractivity contribution in [1.29, 1.82) is 0 Å². The summed E-state index contributed by atoms with van der Waals surface area (Å²) in [5.41, 5.74) is 5.25. The quantitative estimate of drug-likeness (QED) is 0.568. The van der Waals surface area contributed by atoms with E-state index >= 15 is 0 Å². The first-order valence-corrected chi connectivity index (χ1v) is 10.9. The van der Waals surface area contributed by atoms with Crippen LogP contribution in [-0.4, -0.2) is 21.8 Å². The fourth-order valence-electron chi connectivity index (χ4n) is 3.38. The van der Waals surface area contributed by atoms with Crippen LogP contribution in [0.2, 0.25) is 5.02 Å². The largest absolute Gasteiger partial charge is 0.493 e. The smallest absolute Gasteiger partial charge is 0.311 e. The number of aromatic hydroxyl groups is 1. The first kappa shape index (κ1) is 21.1. The number of nitrogens with zero attached hydrogens (tertiary/aromatic N) is 2. The van der Waals surface area contributed by atoms with Gasteiger partial charge in [0.15, 0.2) is 0 Å². The number of carbonyl (C=O) groups excluding carboxylic acids is 1. The molecule has 0 atom stereocenters. The summed E-state index contributed by atoms with van der Waals surface area (Å²) in [7, 11) is 0. The predicted octanol–water partition coefficient (Wildman–Crippen LogP) is 5.03. The molecule has 0 unspecified atom stereocenters. The van der Waals surface area contributed by atoms with E-state index in [0.29, 0.717) is 15.6 Å². The standard InChI is InChI=1S/C23H20ClN3O3S/c1-3-14-5-4-6-17-15(11-25-21(14)17)9-19-22(29)27(23(30)31-19)12-20(28)26-16-8-7-13(2)18(24)10-16/h4-11,29H,3,12H2,1-2H3,(H,26,28). The highest BCUT2D eigenvalue weighted by molar-refractivity contribution is 7.10. The minimum atomic E-state index is -0.435. The molecular formula is C23H20ClN3O3S. The van der Waals surface area contributed by atoms with Gasteiger partial charge in [0.25, 0.3) is 0 Å². The number of allylic oxidation sites excluding steroid dienone is 1. The van der Waals surface area contributed by atoms with E-state index in [0.717, 1.165) is 50.3 Å². The van der Waals surface area contributed by atoms with E-state index < -0.39 is 10.8 Å². The first-order valence-electron chi connectivity index (χ1n) is 9.74. The Morgan fingerprint density at radius 1 is 1.32 bits per heavy atom. The Hall–Kier alpha value is -3.16. The van der Waals surface area contributed by atoms with Gasteiger partial charge in [-0.2, -0.15) is 0 Å². The number of para-hydroxylation sites is 1. The zero-order chi connectivity index (χ0) is 22.1. The van der Waals surface area contributed by atoms with Crippen molar-refractivity contribution in [1.82, 2.24) is 4.57 Å². The molecule has 0 saturated heterocycles. The maximum atomic E-state index is 12.4. The highest BCUT2D eigenvalue weighted by Crippen LogP contribution is 2.37. The lowest BCUT2D eigenvalue weighted by Crippen LogP contribution is -2.24. The van der Waals surface area contributed by atoms with E-state index in [9.17, 15) is 14.7 Å². The number of halogens is 1. The van der Waals surface area contributed by atoms with Gasteiger partial charge < -0.3 is 10.4 Å². The second kappa shape index (κ2) is 8.53. The van der Waals surface area contributed by atoms with Gasteiger partial charge in [0.1, 0.15) is 6.54 Å². The molecule has 4 rings (SSSR count). The number of aryl methyl sites for hydroxylation is 2. The van der Waals surface area contributed by atoms with Crippen LogP contribution in [0, 0.1) is 6.92 Å². The van der Waals surface area contributed by atoms with Crippen molar-refractivity contribution >= 4 is 58.1 Å². The molecule has 8 heteroatoms. The Labute approximate surface area is 188 Å². The summed E-state index contributed by atoms with van der Waals surface area (Å²) in [6.45, 7) is 3.63. The maximum Gasteiger partial charge on any atom is 0.311 e. The second-order valence-corrected chi connectivity index (χ2v) is 8.58. The number of rotatable bonds is 5. The average molecular weight is 454 g/mol. The number of hydrogen-bond donors (Lipinski definition) is 2. The van der Waals surface area contributed by atoms with E-state index in [-0.39, 0.29) is 12.4 Å². The number of amides is 1. The molecule has 1 aromatic heterocycles. The monoisotopic (exact) mass is 453 g/mol. The number of aromatic nitrogens is 1. The molecule has 6 nitrogen and oxygen atoms in total. The fraction of sp³-hybridized carbons (Fsp3) is 0.174. The molecule has 0 bridgehead atoms. The molecule has 2 N–H and O–H groups in total. The molecule has 0 saturated carbocycles. The lowest BCUT2D eigenvalue weighted by Gasteiger charge is -2.08. The summed E-state index contributed by atoms with van der Waals surface area (Å²) in [6.07, 6.45) is 4.32. The van der Waals surface area contributed by atoms with Gasteiger partial charge in [-0.05, 0) is 42.7 Å². The molecule has 31 heavy (non-hydrogen) atoms. The van der Waals surface area contributed by atoms with Crippen LogP contribution in [0.4, 0.5) is 11.4 Å². The van der Waals surface area contributed by atoms with Crippen molar-refractivity contribution in [2.24, 2.45) is 4.99 Å². The molecule has 1 amide bonds. The zero-order valence-corrected chi connectivity index (χ0v) is 18.5. The average Bonchev–Trinajstić information content (AvgIpc) is 3.27. The van der Waals surface area contributed by atoms with E-state index in [1.165, 1.54) is 0 Å². The van der Waals surface area contributed by atoms with E-state index in [2.05, 4.69) is 17.2 Å². The number of aliphatic imine (C=N–C) groups is 1. The number of fused-ring (bicyclic) bond motifs is 1. The van der Waals surface area contributed by atoms with Crippen LogP contribution >= 0.6 is 22.9 Å². The molecule has 1 aliphatic rings. The van der Waals surface area contributed by atoms with Crippen molar-refractivity contribution in [2.75, 3.05) is 5.32 Å². The van der Waals surface area contributed by atoms with Gasteiger partial charge in [-0.15, -0.1) is 0 Å². The SMILES string of the molecule is CCc1cccc2c1N=CC2=Cc1sc(=O)n(CC(=O)Nc2ccc(C)c(Cl)c2)c1O. The third-order valence-electron chi connectivity index (χ3n) is 5.08. The predicted molar refractivity (Wildman–Crippen MR) is 127 cm³/mol. The van der Waals surface area contributed by atoms with Crippen LogP contribution in [0.15, 0.2) is 46.2 Å². The molecule has 0 radical (unpaired) electrons. The summed E-state index contributed by atoms with van der Waals surface area (Å²) >= 11 is 6.97. The summed E-state index contributed by atoms with van der Waals surface area (Å²) in [4.78, 5) is 29.3. The van der Waals surface area contributed by atoms with Gasteiger partial charge in [-0.1, -0.05) is 54.1 Å². The molecule has 1 aliphatic heterocycles. The zero-order valence-electron chi connectivity index (χ0n) is 17.0. The summed E-state index contributed by atoms with van der Waals surface area (Å²) in [5, 5.41) is 13.8. The van der Waals surface area contributed by atoms with Gasteiger partial charge >= 0.3 is 4.87 Å². The summed E-state index contributed by atoms with van der Waals surface area (Å²) in [6, 6.07) is 11.1. The molecule has 2 heterocycles. The van der Waals surface area contributed by atoms with Crippen LogP contribution in [0.1, 0.15) is 28.5 Å². The summed E-state index contributed by atoms with van der Waals surface area (Å²) < 4.78 is 1.05. The van der Waals surface area contributed by atoms with Crippen LogP contribution in [0.25, 0.3) is 11.6 Å². The first-order chi connectivity index (χ1) is 14.9. The molecule has 158 valence electrons. The van der Waals surface area contributed by atoms with Crippen LogP contribution < -0.4 is 10.2 Å². The lowest BCUT2D eigenvalue weighted by atomic mass is 10.0. The Balaban J connectivity index is 1.57. The highest BCUT2D eigenvalue weighted by Gasteiger charge is 2.19. The highest BCUT2D eigenvalue weighted by atomic mass is 35.5.